The molecule has 1 aliphatic rings. The van der Waals surface area contributed by atoms with Gasteiger partial charge in [0.25, 0.3) is 5.91 Å². The lowest BCUT2D eigenvalue weighted by molar-refractivity contribution is -0.125. The van der Waals surface area contributed by atoms with Crippen molar-refractivity contribution in [3.8, 4) is 0 Å². The summed E-state index contributed by atoms with van der Waals surface area (Å²) in [6, 6.07) is 11.3. The van der Waals surface area contributed by atoms with Crippen LogP contribution in [-0.4, -0.2) is 52.8 Å². The average Bonchev–Trinajstić information content (AvgIpc) is 2.94. The number of amides is 2. The van der Waals surface area contributed by atoms with Crippen molar-refractivity contribution in [1.82, 2.24) is 14.8 Å². The number of pyridine rings is 1. The molecule has 0 saturated carbocycles. The third-order valence-corrected chi connectivity index (χ3v) is 4.82. The molecule has 26 heavy (non-hydrogen) atoms. The van der Waals surface area contributed by atoms with Gasteiger partial charge in [0.15, 0.2) is 0 Å². The smallest absolute Gasteiger partial charge is 0.255 e. The predicted octanol–water partition coefficient (Wildman–Crippen LogP) is 3.23. The van der Waals surface area contributed by atoms with Crippen LogP contribution in [0.25, 0.3) is 6.08 Å². The Morgan fingerprint density at radius 2 is 1.73 bits per heavy atom. The van der Waals surface area contributed by atoms with E-state index in [0.29, 0.717) is 31.7 Å². The van der Waals surface area contributed by atoms with Gasteiger partial charge >= 0.3 is 0 Å². The largest absolute Gasteiger partial charge is 0.337 e. The van der Waals surface area contributed by atoms with Gasteiger partial charge in [0.2, 0.25) is 5.91 Å². The number of aromatic nitrogens is 1. The molecule has 5 nitrogen and oxygen atoms in total. The summed E-state index contributed by atoms with van der Waals surface area (Å²) in [5.74, 6) is -0.0543. The Bertz CT molecular complexity index is 790. The summed E-state index contributed by atoms with van der Waals surface area (Å²) in [5.41, 5.74) is 1.56. The minimum atomic E-state index is -0.0298. The molecule has 2 heterocycles. The zero-order valence-electron chi connectivity index (χ0n) is 14.3. The third-order valence-electron chi connectivity index (χ3n) is 4.29. The average molecular weight is 414 g/mol. The third kappa shape index (κ3) is 4.79. The number of rotatable bonds is 3. The Kier molecular flexibility index (Phi) is 6.17. The molecule has 3 rings (SSSR count). The van der Waals surface area contributed by atoms with Crippen molar-refractivity contribution in [2.75, 3.05) is 26.2 Å². The predicted molar refractivity (Wildman–Crippen MR) is 105 cm³/mol. The van der Waals surface area contributed by atoms with Crippen LogP contribution in [0.4, 0.5) is 0 Å². The van der Waals surface area contributed by atoms with Gasteiger partial charge in [-0.25, -0.2) is 0 Å². The monoisotopic (exact) mass is 413 g/mol. The lowest BCUT2D eigenvalue weighted by Gasteiger charge is -2.21. The van der Waals surface area contributed by atoms with E-state index in [4.69, 9.17) is 0 Å². The highest BCUT2D eigenvalue weighted by Gasteiger charge is 2.21. The SMILES string of the molecule is O=C(/C=C/c1ccc(Br)cc1)N1CCCN(C(=O)c2cccnc2)CC1. The van der Waals surface area contributed by atoms with Crippen LogP contribution in [0, 0.1) is 0 Å². The fourth-order valence-electron chi connectivity index (χ4n) is 2.86. The van der Waals surface area contributed by atoms with E-state index in [-0.39, 0.29) is 11.8 Å². The second-order valence-electron chi connectivity index (χ2n) is 6.10. The van der Waals surface area contributed by atoms with E-state index in [9.17, 15) is 9.59 Å². The van der Waals surface area contributed by atoms with Gasteiger partial charge in [-0.1, -0.05) is 28.1 Å². The Morgan fingerprint density at radius 1 is 1.00 bits per heavy atom. The number of carbonyl (C=O) groups excluding carboxylic acids is 2. The lowest BCUT2D eigenvalue weighted by Crippen LogP contribution is -2.36. The van der Waals surface area contributed by atoms with Crippen LogP contribution in [0.5, 0.6) is 0 Å². The first-order valence-electron chi connectivity index (χ1n) is 8.55. The molecule has 0 aliphatic carbocycles. The molecule has 2 aromatic rings. The Hall–Kier alpha value is -2.47. The topological polar surface area (TPSA) is 53.5 Å². The highest BCUT2D eigenvalue weighted by Crippen LogP contribution is 2.13. The fourth-order valence-corrected chi connectivity index (χ4v) is 3.12. The van der Waals surface area contributed by atoms with Crippen molar-refractivity contribution in [1.29, 1.82) is 0 Å². The highest BCUT2D eigenvalue weighted by atomic mass is 79.9. The second-order valence-corrected chi connectivity index (χ2v) is 7.01. The van der Waals surface area contributed by atoms with Gasteiger partial charge in [0, 0.05) is 49.1 Å². The Labute approximate surface area is 161 Å². The minimum absolute atomic E-state index is 0.0244. The molecule has 1 saturated heterocycles. The molecular formula is C20H20BrN3O2. The van der Waals surface area contributed by atoms with E-state index in [1.54, 1.807) is 40.4 Å². The first-order valence-corrected chi connectivity index (χ1v) is 9.34. The number of benzene rings is 1. The van der Waals surface area contributed by atoms with E-state index in [0.717, 1.165) is 16.5 Å². The van der Waals surface area contributed by atoms with Crippen molar-refractivity contribution in [3.05, 3.63) is 70.5 Å². The molecule has 1 aromatic heterocycles. The summed E-state index contributed by atoms with van der Waals surface area (Å²) in [5, 5.41) is 0. The normalized spacial score (nSPS) is 15.1. The maximum Gasteiger partial charge on any atom is 0.255 e. The summed E-state index contributed by atoms with van der Waals surface area (Å²) in [7, 11) is 0. The first kappa shape index (κ1) is 18.3. The molecule has 0 atom stereocenters. The summed E-state index contributed by atoms with van der Waals surface area (Å²) >= 11 is 3.40. The van der Waals surface area contributed by atoms with Gasteiger partial charge in [-0.05, 0) is 42.3 Å². The number of nitrogens with zero attached hydrogens (tertiary/aromatic N) is 3. The Morgan fingerprint density at radius 3 is 2.46 bits per heavy atom. The molecule has 0 radical (unpaired) electrons. The Balaban J connectivity index is 1.58. The molecule has 0 bridgehead atoms. The van der Waals surface area contributed by atoms with Gasteiger partial charge in [-0.15, -0.1) is 0 Å². The van der Waals surface area contributed by atoms with E-state index in [1.165, 1.54) is 0 Å². The summed E-state index contributed by atoms with van der Waals surface area (Å²) in [6.45, 7) is 2.37. The van der Waals surface area contributed by atoms with Crippen molar-refractivity contribution >= 4 is 33.8 Å². The molecule has 6 heteroatoms. The van der Waals surface area contributed by atoms with Gasteiger partial charge in [0.05, 0.1) is 5.56 Å². The van der Waals surface area contributed by atoms with Crippen molar-refractivity contribution in [2.45, 2.75) is 6.42 Å². The number of hydrogen-bond acceptors (Lipinski definition) is 3. The van der Waals surface area contributed by atoms with E-state index in [2.05, 4.69) is 20.9 Å². The summed E-state index contributed by atoms with van der Waals surface area (Å²) < 4.78 is 1.01. The molecule has 0 unspecified atom stereocenters. The molecular weight excluding hydrogens is 394 g/mol. The highest BCUT2D eigenvalue weighted by molar-refractivity contribution is 9.10. The maximum atomic E-state index is 12.5. The quantitative estimate of drug-likeness (QED) is 0.725. The van der Waals surface area contributed by atoms with Crippen molar-refractivity contribution in [3.63, 3.8) is 0 Å². The van der Waals surface area contributed by atoms with Crippen LogP contribution in [0.15, 0.2) is 59.3 Å². The van der Waals surface area contributed by atoms with Gasteiger partial charge < -0.3 is 9.80 Å². The van der Waals surface area contributed by atoms with Crippen molar-refractivity contribution in [2.24, 2.45) is 0 Å². The van der Waals surface area contributed by atoms with Gasteiger partial charge in [-0.3, -0.25) is 14.6 Å². The fraction of sp³-hybridized carbons (Fsp3) is 0.250. The number of hydrogen-bond donors (Lipinski definition) is 0. The molecule has 0 spiro atoms. The van der Waals surface area contributed by atoms with Crippen LogP contribution in [0.3, 0.4) is 0 Å². The number of halogens is 1. The molecule has 1 aliphatic heterocycles. The van der Waals surface area contributed by atoms with Crippen LogP contribution in [-0.2, 0) is 4.79 Å². The maximum absolute atomic E-state index is 12.5. The zero-order chi connectivity index (χ0) is 18.4. The van der Waals surface area contributed by atoms with Crippen LogP contribution in [0.2, 0.25) is 0 Å². The van der Waals surface area contributed by atoms with Gasteiger partial charge in [-0.2, -0.15) is 0 Å². The van der Waals surface area contributed by atoms with Crippen LogP contribution >= 0.6 is 15.9 Å². The van der Waals surface area contributed by atoms with E-state index < -0.39 is 0 Å². The first-order chi connectivity index (χ1) is 12.6. The summed E-state index contributed by atoms with van der Waals surface area (Å²) in [6.07, 6.45) is 7.42. The van der Waals surface area contributed by atoms with Crippen LogP contribution < -0.4 is 0 Å². The molecule has 0 N–H and O–H groups in total. The standard InChI is InChI=1S/C20H20BrN3O2/c21-18-7-4-16(5-8-18)6-9-19(25)23-11-2-12-24(14-13-23)20(26)17-3-1-10-22-15-17/h1,3-10,15H,2,11-14H2/b9-6+. The molecule has 134 valence electrons. The second kappa shape index (κ2) is 8.76. The summed E-state index contributed by atoms with van der Waals surface area (Å²) in [4.78, 5) is 32.6. The minimum Gasteiger partial charge on any atom is -0.337 e. The lowest BCUT2D eigenvalue weighted by atomic mass is 10.2. The zero-order valence-corrected chi connectivity index (χ0v) is 15.9. The molecule has 1 aromatic carbocycles. The molecule has 2 amide bonds. The van der Waals surface area contributed by atoms with Crippen molar-refractivity contribution < 1.29 is 9.59 Å². The molecule has 1 fully saturated rings. The van der Waals surface area contributed by atoms with Gasteiger partial charge in [0.1, 0.15) is 0 Å². The van der Waals surface area contributed by atoms with E-state index in [1.807, 2.05) is 30.3 Å². The van der Waals surface area contributed by atoms with E-state index >= 15 is 0 Å². The number of carbonyl (C=O) groups is 2. The van der Waals surface area contributed by atoms with Crippen LogP contribution in [0.1, 0.15) is 22.3 Å².